The first-order valence-electron chi connectivity index (χ1n) is 9.33. The summed E-state index contributed by atoms with van der Waals surface area (Å²) in [6, 6.07) is 12.2. The molecule has 1 aliphatic heterocycles. The van der Waals surface area contributed by atoms with Crippen molar-refractivity contribution in [3.05, 3.63) is 70.4 Å². The second-order valence-corrected chi connectivity index (χ2v) is 7.41. The highest BCUT2D eigenvalue weighted by Crippen LogP contribution is 2.36. The van der Waals surface area contributed by atoms with Crippen molar-refractivity contribution in [2.24, 2.45) is 0 Å². The number of nitrogens with one attached hydrogen (secondary N) is 1. The number of methoxy groups -OCH3 is 1. The Labute approximate surface area is 176 Å². The number of H-pyrrole nitrogens is 1. The van der Waals surface area contributed by atoms with Crippen LogP contribution in [0.2, 0.25) is 5.02 Å². The Balaban J connectivity index is 1.59. The van der Waals surface area contributed by atoms with E-state index in [0.29, 0.717) is 24.5 Å². The van der Waals surface area contributed by atoms with Crippen LogP contribution >= 0.6 is 11.6 Å². The molecule has 0 spiro atoms. The fourth-order valence-corrected chi connectivity index (χ4v) is 4.02. The highest BCUT2D eigenvalue weighted by atomic mass is 35.5. The molecule has 5 rings (SSSR count). The van der Waals surface area contributed by atoms with Crippen molar-refractivity contribution in [3.8, 4) is 23.2 Å². The van der Waals surface area contributed by atoms with Crippen LogP contribution < -0.4 is 4.74 Å². The maximum atomic E-state index is 13.6. The average Bonchev–Trinajstić information content (AvgIpc) is 3.38. The molecule has 4 aromatic rings. The molecule has 1 N–H and O–H groups in total. The fraction of sp³-hybridized carbons (Fsp3) is 0.182. The molecule has 3 heterocycles. The first kappa shape index (κ1) is 18.7. The number of benzene rings is 2. The van der Waals surface area contributed by atoms with Crippen LogP contribution in [-0.4, -0.2) is 28.3 Å². The van der Waals surface area contributed by atoms with Crippen molar-refractivity contribution in [1.29, 1.82) is 5.26 Å². The zero-order chi connectivity index (χ0) is 20.8. The molecule has 6 nitrogen and oxygen atoms in total. The van der Waals surface area contributed by atoms with Gasteiger partial charge in [-0.15, -0.1) is 0 Å². The molecule has 0 bridgehead atoms. The summed E-state index contributed by atoms with van der Waals surface area (Å²) in [5, 5.41) is 10.2. The minimum absolute atomic E-state index is 0.0519. The van der Waals surface area contributed by atoms with Crippen molar-refractivity contribution in [3.63, 3.8) is 0 Å². The summed E-state index contributed by atoms with van der Waals surface area (Å²) in [6.45, 7) is 1.17. The number of nitrogens with zero attached hydrogens (tertiary/aromatic N) is 3. The predicted molar refractivity (Wildman–Crippen MR) is 110 cm³/mol. The Hall–Kier alpha value is -3.34. The maximum Gasteiger partial charge on any atom is 0.146 e. The highest BCUT2D eigenvalue weighted by Gasteiger charge is 2.27. The lowest BCUT2D eigenvalue weighted by Crippen LogP contribution is -2.22. The van der Waals surface area contributed by atoms with Gasteiger partial charge in [-0.3, -0.25) is 0 Å². The summed E-state index contributed by atoms with van der Waals surface area (Å²) < 4.78 is 27.0. The molecule has 0 radical (unpaired) electrons. The Bertz CT molecular complexity index is 1320. The van der Waals surface area contributed by atoms with Crippen molar-refractivity contribution in [1.82, 2.24) is 14.5 Å². The predicted octanol–water partition coefficient (Wildman–Crippen LogP) is 4.82. The quantitative estimate of drug-likeness (QED) is 0.513. The molecule has 150 valence electrons. The van der Waals surface area contributed by atoms with Crippen LogP contribution in [0.15, 0.2) is 42.6 Å². The smallest absolute Gasteiger partial charge is 0.146 e. The fourth-order valence-electron chi connectivity index (χ4n) is 3.84. The van der Waals surface area contributed by atoms with Crippen molar-refractivity contribution < 1.29 is 13.9 Å². The molecule has 0 saturated heterocycles. The Morgan fingerprint density at radius 1 is 1.33 bits per heavy atom. The zero-order valence-corrected chi connectivity index (χ0v) is 16.7. The van der Waals surface area contributed by atoms with Crippen LogP contribution in [0.5, 0.6) is 5.75 Å². The van der Waals surface area contributed by atoms with Gasteiger partial charge in [-0.1, -0.05) is 17.7 Å². The summed E-state index contributed by atoms with van der Waals surface area (Å²) in [5.74, 6) is 0.787. The van der Waals surface area contributed by atoms with E-state index in [0.717, 1.165) is 33.7 Å². The molecule has 0 amide bonds. The lowest BCUT2D eigenvalue weighted by Gasteiger charge is -2.24. The number of hydrogen-bond donors (Lipinski definition) is 1. The molecule has 0 fully saturated rings. The molecule has 1 atom stereocenters. The maximum absolute atomic E-state index is 13.6. The molecule has 0 saturated carbocycles. The van der Waals surface area contributed by atoms with E-state index in [1.54, 1.807) is 25.3 Å². The van der Waals surface area contributed by atoms with Gasteiger partial charge in [0, 0.05) is 23.6 Å². The number of fused-ring (bicyclic) bond motifs is 2. The number of imidazole rings is 1. The minimum Gasteiger partial charge on any atom is -0.495 e. The van der Waals surface area contributed by atoms with Crippen molar-refractivity contribution >= 4 is 22.5 Å². The highest BCUT2D eigenvalue weighted by molar-refractivity contribution is 6.30. The van der Waals surface area contributed by atoms with Crippen molar-refractivity contribution in [2.75, 3.05) is 13.7 Å². The molecular weight excluding hydrogens is 407 g/mol. The Morgan fingerprint density at radius 3 is 2.97 bits per heavy atom. The number of hydrogen-bond acceptors (Lipinski definition) is 4. The zero-order valence-electron chi connectivity index (χ0n) is 15.9. The standard InChI is InChI=1S/C22H16ClFN4O2/c1-29-20-13(10-25)3-5-17-14(20)9-18(26-17)19-11-28-6-7-30-21(22(28)27-19)12-2-4-16(24)15(23)8-12/h2-5,8-9,11,21,26H,6-7H2,1H3. The van der Waals surface area contributed by atoms with Crippen LogP contribution in [0.3, 0.4) is 0 Å². The van der Waals surface area contributed by atoms with Crippen LogP contribution in [0.25, 0.3) is 22.3 Å². The van der Waals surface area contributed by atoms with E-state index in [-0.39, 0.29) is 5.02 Å². The number of aromatic amines is 1. The second kappa shape index (κ2) is 7.17. The number of halogens is 2. The van der Waals surface area contributed by atoms with Gasteiger partial charge in [0.05, 0.1) is 30.0 Å². The Morgan fingerprint density at radius 2 is 2.20 bits per heavy atom. The first-order valence-corrected chi connectivity index (χ1v) is 9.70. The second-order valence-electron chi connectivity index (χ2n) is 7.00. The van der Waals surface area contributed by atoms with Gasteiger partial charge in [0.1, 0.15) is 35.3 Å². The minimum atomic E-state index is -0.469. The van der Waals surface area contributed by atoms with Gasteiger partial charge >= 0.3 is 0 Å². The molecule has 1 aliphatic rings. The summed E-state index contributed by atoms with van der Waals surface area (Å²) >= 11 is 5.96. The summed E-state index contributed by atoms with van der Waals surface area (Å²) in [6.07, 6.45) is 1.52. The number of ether oxygens (including phenoxy) is 2. The summed E-state index contributed by atoms with van der Waals surface area (Å²) in [4.78, 5) is 8.13. The Kier molecular flexibility index (Phi) is 4.46. The normalized spacial score (nSPS) is 15.7. The van der Waals surface area contributed by atoms with Crippen LogP contribution in [0.4, 0.5) is 4.39 Å². The number of rotatable bonds is 3. The topological polar surface area (TPSA) is 75.9 Å². The lowest BCUT2D eigenvalue weighted by molar-refractivity contribution is 0.0429. The van der Waals surface area contributed by atoms with E-state index >= 15 is 0 Å². The van der Waals surface area contributed by atoms with Crippen LogP contribution in [-0.2, 0) is 11.3 Å². The molecule has 30 heavy (non-hydrogen) atoms. The van der Waals surface area contributed by atoms with Gasteiger partial charge in [-0.25, -0.2) is 9.37 Å². The lowest BCUT2D eigenvalue weighted by atomic mass is 10.1. The van der Waals surface area contributed by atoms with Gasteiger partial charge < -0.3 is 19.0 Å². The molecule has 2 aromatic heterocycles. The van der Waals surface area contributed by atoms with Crippen LogP contribution in [0.1, 0.15) is 23.1 Å². The summed E-state index contributed by atoms with van der Waals surface area (Å²) in [7, 11) is 1.55. The SMILES string of the molecule is COc1c(C#N)ccc2[nH]c(-c3cn4c(n3)C(c3ccc(F)c(Cl)c3)OCC4)cc12. The third-order valence-corrected chi connectivity index (χ3v) is 5.55. The van der Waals surface area contributed by atoms with Crippen LogP contribution in [0, 0.1) is 17.1 Å². The van der Waals surface area contributed by atoms with E-state index in [1.807, 2.05) is 22.9 Å². The van der Waals surface area contributed by atoms with E-state index in [1.165, 1.54) is 6.07 Å². The molecular formula is C22H16ClFN4O2. The first-order chi connectivity index (χ1) is 14.6. The average molecular weight is 423 g/mol. The van der Waals surface area contributed by atoms with E-state index in [2.05, 4.69) is 11.1 Å². The third-order valence-electron chi connectivity index (χ3n) is 5.26. The van der Waals surface area contributed by atoms with Gasteiger partial charge in [0.2, 0.25) is 0 Å². The van der Waals surface area contributed by atoms with Crippen molar-refractivity contribution in [2.45, 2.75) is 12.6 Å². The molecule has 1 unspecified atom stereocenters. The largest absolute Gasteiger partial charge is 0.495 e. The van der Waals surface area contributed by atoms with Gasteiger partial charge in [-0.2, -0.15) is 5.26 Å². The number of nitriles is 1. The monoisotopic (exact) mass is 422 g/mol. The van der Waals surface area contributed by atoms with Gasteiger partial charge in [0.25, 0.3) is 0 Å². The molecule has 2 aromatic carbocycles. The summed E-state index contributed by atoms with van der Waals surface area (Å²) in [5.41, 5.74) is 3.62. The number of aromatic nitrogens is 3. The third kappa shape index (κ3) is 2.93. The van der Waals surface area contributed by atoms with Gasteiger partial charge in [-0.05, 0) is 35.9 Å². The van der Waals surface area contributed by atoms with E-state index in [9.17, 15) is 9.65 Å². The molecule has 0 aliphatic carbocycles. The van der Waals surface area contributed by atoms with Gasteiger partial charge in [0.15, 0.2) is 0 Å². The van der Waals surface area contributed by atoms with E-state index < -0.39 is 11.9 Å². The molecule has 8 heteroatoms. The van der Waals surface area contributed by atoms with E-state index in [4.69, 9.17) is 26.1 Å².